The first-order valence-corrected chi connectivity index (χ1v) is 12.0. The zero-order valence-electron chi connectivity index (χ0n) is 18.8. The number of halogens is 1. The van der Waals surface area contributed by atoms with Crippen LogP contribution in [0.4, 0.5) is 11.4 Å². The number of nitrogens with zero attached hydrogens (tertiary/aromatic N) is 5. The Morgan fingerprint density at radius 3 is 2.57 bits per heavy atom. The highest BCUT2D eigenvalue weighted by molar-refractivity contribution is 8.04. The normalized spacial score (nSPS) is 14.2. The molecule has 0 amide bonds. The number of aliphatic carboxylic acids is 1. The van der Waals surface area contributed by atoms with Crippen molar-refractivity contribution in [2.24, 2.45) is 0 Å². The van der Waals surface area contributed by atoms with Gasteiger partial charge < -0.3 is 19.3 Å². The molecule has 35 heavy (non-hydrogen) atoms. The summed E-state index contributed by atoms with van der Waals surface area (Å²) < 4.78 is 7.21. The van der Waals surface area contributed by atoms with Crippen molar-refractivity contribution in [3.8, 4) is 11.4 Å². The van der Waals surface area contributed by atoms with Crippen molar-refractivity contribution in [3.63, 3.8) is 0 Å². The molecule has 0 radical (unpaired) electrons. The standard InChI is InChI=1S/C23H22ClN5O5S/c1-2-28-21(15-3-5-17(24)6-4-15)25-26-23(28)35-20(22(30)31)14-16-13-18(29(32)33)7-8-19(16)27-9-11-34-12-10-27/h3-8,13-14H,2,9-12H2,1H3,(H,30,31)/b20-14-. The number of anilines is 1. The summed E-state index contributed by atoms with van der Waals surface area (Å²) in [5.74, 6) is -0.589. The molecule has 0 atom stereocenters. The highest BCUT2D eigenvalue weighted by Gasteiger charge is 2.21. The Labute approximate surface area is 210 Å². The number of benzene rings is 2. The van der Waals surface area contributed by atoms with Gasteiger partial charge in [0.05, 0.1) is 18.1 Å². The van der Waals surface area contributed by atoms with Crippen molar-refractivity contribution in [2.75, 3.05) is 31.2 Å². The van der Waals surface area contributed by atoms with E-state index in [0.29, 0.717) is 60.1 Å². The molecule has 0 spiro atoms. The summed E-state index contributed by atoms with van der Waals surface area (Å²) in [6.07, 6.45) is 1.45. The van der Waals surface area contributed by atoms with Gasteiger partial charge in [0.1, 0.15) is 4.91 Å². The summed E-state index contributed by atoms with van der Waals surface area (Å²) >= 11 is 6.93. The molecule has 1 saturated heterocycles. The fourth-order valence-corrected chi connectivity index (χ4v) is 4.70. The van der Waals surface area contributed by atoms with Crippen LogP contribution in [0.2, 0.25) is 5.02 Å². The molecule has 182 valence electrons. The average Bonchev–Trinajstić information content (AvgIpc) is 3.27. The summed E-state index contributed by atoms with van der Waals surface area (Å²) in [6.45, 7) is 4.66. The summed E-state index contributed by atoms with van der Waals surface area (Å²) in [5, 5.41) is 30.8. The smallest absolute Gasteiger partial charge is 0.342 e. The molecular weight excluding hydrogens is 494 g/mol. The lowest BCUT2D eigenvalue weighted by atomic mass is 10.1. The van der Waals surface area contributed by atoms with E-state index in [-0.39, 0.29) is 10.6 Å². The minimum Gasteiger partial charge on any atom is -0.477 e. The van der Waals surface area contributed by atoms with E-state index in [4.69, 9.17) is 16.3 Å². The molecule has 0 aliphatic carbocycles. The van der Waals surface area contributed by atoms with E-state index < -0.39 is 10.9 Å². The van der Waals surface area contributed by atoms with Crippen LogP contribution in [0.3, 0.4) is 0 Å². The third-order valence-electron chi connectivity index (χ3n) is 5.41. The maximum atomic E-state index is 12.2. The number of nitro groups is 1. The maximum absolute atomic E-state index is 12.2. The van der Waals surface area contributed by atoms with Gasteiger partial charge in [0.25, 0.3) is 5.69 Å². The highest BCUT2D eigenvalue weighted by atomic mass is 35.5. The van der Waals surface area contributed by atoms with Crippen LogP contribution in [0, 0.1) is 10.1 Å². The van der Waals surface area contributed by atoms with E-state index >= 15 is 0 Å². The van der Waals surface area contributed by atoms with E-state index in [9.17, 15) is 20.0 Å². The van der Waals surface area contributed by atoms with Crippen molar-refractivity contribution in [3.05, 3.63) is 68.1 Å². The van der Waals surface area contributed by atoms with Gasteiger partial charge >= 0.3 is 5.97 Å². The molecule has 2 aromatic carbocycles. The van der Waals surface area contributed by atoms with E-state index in [1.165, 1.54) is 18.2 Å². The zero-order valence-corrected chi connectivity index (χ0v) is 20.3. The number of carboxylic acids is 1. The Morgan fingerprint density at radius 2 is 1.94 bits per heavy atom. The fourth-order valence-electron chi connectivity index (χ4n) is 3.70. The number of carboxylic acid groups (broad SMARTS) is 1. The second kappa shape index (κ2) is 10.9. The summed E-state index contributed by atoms with van der Waals surface area (Å²) in [5.41, 5.74) is 1.82. The molecule has 2 heterocycles. The molecule has 1 aliphatic rings. The largest absolute Gasteiger partial charge is 0.477 e. The molecule has 1 fully saturated rings. The van der Waals surface area contributed by atoms with Crippen LogP contribution in [0.25, 0.3) is 17.5 Å². The molecule has 1 aromatic heterocycles. The van der Waals surface area contributed by atoms with Crippen LogP contribution in [-0.2, 0) is 16.1 Å². The number of morpholine rings is 1. The quantitative estimate of drug-likeness (QED) is 0.198. The Morgan fingerprint density at radius 1 is 1.23 bits per heavy atom. The first-order valence-electron chi connectivity index (χ1n) is 10.8. The third-order valence-corrected chi connectivity index (χ3v) is 6.66. The number of hydrogen-bond acceptors (Lipinski definition) is 8. The third kappa shape index (κ3) is 5.64. The number of carbonyl (C=O) groups is 1. The van der Waals surface area contributed by atoms with Crippen LogP contribution in [0.1, 0.15) is 12.5 Å². The molecule has 1 aliphatic heterocycles. The van der Waals surface area contributed by atoms with Crippen molar-refractivity contribution in [1.82, 2.24) is 14.8 Å². The molecule has 0 unspecified atom stereocenters. The summed E-state index contributed by atoms with van der Waals surface area (Å²) in [4.78, 5) is 25.1. The number of aromatic nitrogens is 3. The number of thioether (sulfide) groups is 1. The number of rotatable bonds is 8. The number of hydrogen-bond donors (Lipinski definition) is 1. The van der Waals surface area contributed by atoms with Gasteiger partial charge in [-0.2, -0.15) is 0 Å². The Balaban J connectivity index is 1.73. The number of nitro benzene ring substituents is 1. The Kier molecular flexibility index (Phi) is 7.69. The lowest BCUT2D eigenvalue weighted by Crippen LogP contribution is -2.36. The van der Waals surface area contributed by atoms with Gasteiger partial charge in [0, 0.05) is 53.6 Å². The molecule has 4 rings (SSSR count). The van der Waals surface area contributed by atoms with E-state index in [0.717, 1.165) is 17.3 Å². The summed E-state index contributed by atoms with van der Waals surface area (Å²) in [7, 11) is 0. The predicted octanol–water partition coefficient (Wildman–Crippen LogP) is 4.58. The highest BCUT2D eigenvalue weighted by Crippen LogP contribution is 2.34. The topological polar surface area (TPSA) is 124 Å². The maximum Gasteiger partial charge on any atom is 0.342 e. The molecule has 12 heteroatoms. The van der Waals surface area contributed by atoms with Gasteiger partial charge in [-0.1, -0.05) is 11.6 Å². The number of ether oxygens (including phenoxy) is 1. The summed E-state index contributed by atoms with van der Waals surface area (Å²) in [6, 6.07) is 11.6. The lowest BCUT2D eigenvalue weighted by Gasteiger charge is -2.30. The zero-order chi connectivity index (χ0) is 24.9. The van der Waals surface area contributed by atoms with Crippen molar-refractivity contribution < 1.29 is 19.6 Å². The van der Waals surface area contributed by atoms with Crippen LogP contribution < -0.4 is 4.90 Å². The van der Waals surface area contributed by atoms with Crippen molar-refractivity contribution in [2.45, 2.75) is 18.6 Å². The molecular formula is C23H22ClN5O5S. The Hall–Kier alpha value is -3.41. The minimum atomic E-state index is -1.17. The first-order chi connectivity index (χ1) is 16.9. The van der Waals surface area contributed by atoms with Gasteiger partial charge in [-0.05, 0) is 55.1 Å². The predicted molar refractivity (Wildman–Crippen MR) is 134 cm³/mol. The van der Waals surface area contributed by atoms with Crippen LogP contribution >= 0.6 is 23.4 Å². The second-order valence-corrected chi connectivity index (χ2v) is 9.02. The van der Waals surface area contributed by atoms with E-state index in [1.54, 1.807) is 22.8 Å². The van der Waals surface area contributed by atoms with E-state index in [2.05, 4.69) is 10.2 Å². The van der Waals surface area contributed by atoms with Gasteiger partial charge in [-0.15, -0.1) is 10.2 Å². The molecule has 0 saturated carbocycles. The molecule has 0 bridgehead atoms. The lowest BCUT2D eigenvalue weighted by molar-refractivity contribution is -0.384. The minimum absolute atomic E-state index is 0.0373. The number of non-ortho nitro benzene ring substituents is 1. The Bertz CT molecular complexity index is 1270. The molecule has 1 N–H and O–H groups in total. The van der Waals surface area contributed by atoms with Crippen LogP contribution in [0.15, 0.2) is 52.5 Å². The average molecular weight is 516 g/mol. The fraction of sp³-hybridized carbons (Fsp3) is 0.261. The van der Waals surface area contributed by atoms with Crippen molar-refractivity contribution in [1.29, 1.82) is 0 Å². The van der Waals surface area contributed by atoms with Gasteiger partial charge in [-0.3, -0.25) is 10.1 Å². The SMILES string of the molecule is CCn1c(S/C(=C\c2cc([N+](=O)[O-])ccc2N2CCOCC2)C(=O)O)nnc1-c1ccc(Cl)cc1. The van der Waals surface area contributed by atoms with Crippen LogP contribution in [0.5, 0.6) is 0 Å². The monoisotopic (exact) mass is 515 g/mol. The van der Waals surface area contributed by atoms with E-state index in [1.807, 2.05) is 24.0 Å². The molecule has 10 nitrogen and oxygen atoms in total. The van der Waals surface area contributed by atoms with Gasteiger partial charge in [0.2, 0.25) is 0 Å². The first kappa shape index (κ1) is 24.7. The molecule has 3 aromatic rings. The van der Waals surface area contributed by atoms with Gasteiger partial charge in [-0.25, -0.2) is 4.79 Å². The van der Waals surface area contributed by atoms with Crippen molar-refractivity contribution >= 4 is 46.8 Å². The van der Waals surface area contributed by atoms with Gasteiger partial charge in [0.15, 0.2) is 11.0 Å². The van der Waals surface area contributed by atoms with Crippen LogP contribution in [-0.4, -0.2) is 57.1 Å². The second-order valence-electron chi connectivity index (χ2n) is 7.57.